The molecule has 0 saturated heterocycles. The molecule has 2 atom stereocenters. The second-order valence-electron chi connectivity index (χ2n) is 4.22. The van der Waals surface area contributed by atoms with Crippen LogP contribution in [0, 0.1) is 5.92 Å². The lowest BCUT2D eigenvalue weighted by molar-refractivity contribution is -0.135. The summed E-state index contributed by atoms with van der Waals surface area (Å²) in [6.45, 7) is -0.183. The number of halogens is 1. The monoisotopic (exact) mass is 267 g/mol. The summed E-state index contributed by atoms with van der Waals surface area (Å²) >= 11 is 5.92. The van der Waals surface area contributed by atoms with Gasteiger partial charge >= 0.3 is 0 Å². The maximum Gasteiger partial charge on any atom is 0.223 e. The number of Topliss-reactive ketones (excluding diaryl/α,β-unsaturated/α-hetero) is 1. The number of hydrogen-bond acceptors (Lipinski definition) is 6. The number of nitrogens with zero attached hydrogens (tertiary/aromatic N) is 4. The molecule has 0 spiro atoms. The van der Waals surface area contributed by atoms with Crippen molar-refractivity contribution in [2.45, 2.75) is 12.5 Å². The number of carbonyl (C=O) groups excluding carboxylic acids is 1. The fourth-order valence-electron chi connectivity index (χ4n) is 2.21. The number of hydrogen-bond donors (Lipinski definition) is 2. The van der Waals surface area contributed by atoms with Crippen LogP contribution in [0.15, 0.2) is 6.33 Å². The van der Waals surface area contributed by atoms with Crippen LogP contribution in [0.25, 0.3) is 11.2 Å². The van der Waals surface area contributed by atoms with Crippen LogP contribution in [0.2, 0.25) is 5.15 Å². The molecule has 2 aromatic rings. The van der Waals surface area contributed by atoms with Crippen molar-refractivity contribution in [3.05, 3.63) is 11.5 Å². The Hall–Kier alpha value is -1.73. The number of fused-ring (bicyclic) bond motifs is 1. The zero-order chi connectivity index (χ0) is 12.9. The molecule has 3 N–H and O–H groups in total. The summed E-state index contributed by atoms with van der Waals surface area (Å²) in [5.74, 6) is -0.310. The predicted molar refractivity (Wildman–Crippen MR) is 64.0 cm³/mol. The average molecular weight is 268 g/mol. The minimum atomic E-state index is -0.405. The first-order valence-electron chi connectivity index (χ1n) is 5.41. The SMILES string of the molecule is Nc1nc(Cl)c2ncn([C@H]3CC(=O)[C@@H]3CO)c2n1. The number of nitrogens with two attached hydrogens (primary N) is 1. The van der Waals surface area contributed by atoms with Gasteiger partial charge < -0.3 is 15.4 Å². The van der Waals surface area contributed by atoms with Gasteiger partial charge in [0.25, 0.3) is 0 Å². The molecule has 2 aromatic heterocycles. The summed E-state index contributed by atoms with van der Waals surface area (Å²) in [6.07, 6.45) is 1.91. The molecule has 0 bridgehead atoms. The molecule has 3 rings (SSSR count). The van der Waals surface area contributed by atoms with E-state index < -0.39 is 5.92 Å². The van der Waals surface area contributed by atoms with Crippen LogP contribution >= 0.6 is 11.6 Å². The molecule has 94 valence electrons. The van der Waals surface area contributed by atoms with E-state index >= 15 is 0 Å². The molecule has 0 unspecified atom stereocenters. The lowest BCUT2D eigenvalue weighted by atomic mass is 9.78. The summed E-state index contributed by atoms with van der Waals surface area (Å²) in [5.41, 5.74) is 6.48. The van der Waals surface area contributed by atoms with E-state index in [2.05, 4.69) is 15.0 Å². The zero-order valence-electron chi connectivity index (χ0n) is 9.25. The average Bonchev–Trinajstić information content (AvgIpc) is 2.69. The molecule has 1 fully saturated rings. The van der Waals surface area contributed by atoms with E-state index in [1.165, 1.54) is 0 Å². The summed E-state index contributed by atoms with van der Waals surface area (Å²) in [7, 11) is 0. The number of ketones is 1. The fraction of sp³-hybridized carbons (Fsp3) is 0.400. The summed E-state index contributed by atoms with van der Waals surface area (Å²) < 4.78 is 1.72. The number of imidazole rings is 1. The molecule has 0 aromatic carbocycles. The largest absolute Gasteiger partial charge is 0.396 e. The van der Waals surface area contributed by atoms with Gasteiger partial charge in [-0.2, -0.15) is 9.97 Å². The van der Waals surface area contributed by atoms with Crippen LogP contribution in [0.1, 0.15) is 12.5 Å². The molecule has 8 heteroatoms. The van der Waals surface area contributed by atoms with E-state index in [9.17, 15) is 4.79 Å². The third kappa shape index (κ3) is 1.48. The normalized spacial score (nSPS) is 23.3. The highest BCUT2D eigenvalue weighted by Crippen LogP contribution is 2.37. The van der Waals surface area contributed by atoms with Gasteiger partial charge in [0.05, 0.1) is 24.9 Å². The minimum absolute atomic E-state index is 0.0393. The first-order chi connectivity index (χ1) is 8.61. The Labute approximate surface area is 107 Å². The Morgan fingerprint density at radius 3 is 3.00 bits per heavy atom. The molecule has 0 amide bonds. The number of aliphatic hydroxyl groups is 1. The van der Waals surface area contributed by atoms with Crippen molar-refractivity contribution < 1.29 is 9.90 Å². The van der Waals surface area contributed by atoms with Crippen molar-refractivity contribution in [3.8, 4) is 0 Å². The van der Waals surface area contributed by atoms with Gasteiger partial charge in [-0.1, -0.05) is 11.6 Å². The van der Waals surface area contributed by atoms with Gasteiger partial charge in [0.2, 0.25) is 5.95 Å². The fourth-order valence-corrected chi connectivity index (χ4v) is 2.43. The molecule has 7 nitrogen and oxygen atoms in total. The highest BCUT2D eigenvalue weighted by Gasteiger charge is 2.41. The summed E-state index contributed by atoms with van der Waals surface area (Å²) in [6, 6.07) is -0.141. The van der Waals surface area contributed by atoms with Crippen LogP contribution < -0.4 is 5.73 Å². The van der Waals surface area contributed by atoms with E-state index in [-0.39, 0.29) is 29.5 Å². The molecular formula is C10H10ClN5O2. The molecule has 1 aliphatic rings. The molecular weight excluding hydrogens is 258 g/mol. The first kappa shape index (κ1) is 11.4. The highest BCUT2D eigenvalue weighted by molar-refractivity contribution is 6.33. The van der Waals surface area contributed by atoms with Gasteiger partial charge in [0.15, 0.2) is 10.8 Å². The van der Waals surface area contributed by atoms with Crippen LogP contribution in [-0.2, 0) is 4.79 Å². The van der Waals surface area contributed by atoms with Crippen molar-refractivity contribution in [2.24, 2.45) is 5.92 Å². The second kappa shape index (κ2) is 3.89. The minimum Gasteiger partial charge on any atom is -0.396 e. The lowest BCUT2D eigenvalue weighted by Gasteiger charge is -2.34. The molecule has 18 heavy (non-hydrogen) atoms. The zero-order valence-corrected chi connectivity index (χ0v) is 10.0. The van der Waals surface area contributed by atoms with Crippen molar-refractivity contribution in [1.29, 1.82) is 0 Å². The van der Waals surface area contributed by atoms with E-state index in [0.717, 1.165) is 0 Å². The Morgan fingerprint density at radius 2 is 2.33 bits per heavy atom. The second-order valence-corrected chi connectivity index (χ2v) is 4.58. The van der Waals surface area contributed by atoms with Gasteiger partial charge in [-0.15, -0.1) is 0 Å². The number of nitrogen functional groups attached to an aromatic ring is 1. The van der Waals surface area contributed by atoms with Crippen molar-refractivity contribution in [3.63, 3.8) is 0 Å². The van der Waals surface area contributed by atoms with Gasteiger partial charge in [-0.25, -0.2) is 4.98 Å². The standard InChI is InChI=1S/C10H10ClN5O2/c11-8-7-9(15-10(12)14-8)16(3-13-7)5-1-6(18)4(5)2-17/h3-5,17H,1-2H2,(H2,12,14,15)/t4-,5+/m1/s1. The number of carbonyl (C=O) groups is 1. The molecule has 0 aliphatic heterocycles. The van der Waals surface area contributed by atoms with Crippen LogP contribution in [0.4, 0.5) is 5.95 Å². The van der Waals surface area contributed by atoms with Crippen molar-refractivity contribution in [2.75, 3.05) is 12.3 Å². The maximum atomic E-state index is 11.4. The van der Waals surface area contributed by atoms with Crippen molar-refractivity contribution in [1.82, 2.24) is 19.5 Å². The smallest absolute Gasteiger partial charge is 0.223 e. The quantitative estimate of drug-likeness (QED) is 0.752. The highest BCUT2D eigenvalue weighted by atomic mass is 35.5. The van der Waals surface area contributed by atoms with E-state index in [0.29, 0.717) is 17.6 Å². The van der Waals surface area contributed by atoms with Crippen LogP contribution in [0.3, 0.4) is 0 Å². The Kier molecular flexibility index (Phi) is 2.46. The summed E-state index contributed by atoms with van der Waals surface area (Å²) in [4.78, 5) is 23.4. The van der Waals surface area contributed by atoms with Gasteiger partial charge in [0, 0.05) is 6.42 Å². The molecule has 0 radical (unpaired) electrons. The van der Waals surface area contributed by atoms with E-state index in [1.54, 1.807) is 10.9 Å². The van der Waals surface area contributed by atoms with Gasteiger partial charge in [0.1, 0.15) is 11.3 Å². The van der Waals surface area contributed by atoms with E-state index in [4.69, 9.17) is 22.4 Å². The number of aliphatic hydroxyl groups excluding tert-OH is 1. The first-order valence-corrected chi connectivity index (χ1v) is 5.78. The molecule has 2 heterocycles. The van der Waals surface area contributed by atoms with Crippen LogP contribution in [0.5, 0.6) is 0 Å². The van der Waals surface area contributed by atoms with E-state index in [1.807, 2.05) is 0 Å². The van der Waals surface area contributed by atoms with Gasteiger partial charge in [-0.3, -0.25) is 4.79 Å². The number of aromatic nitrogens is 4. The summed E-state index contributed by atoms with van der Waals surface area (Å²) in [5, 5.41) is 9.35. The van der Waals surface area contributed by atoms with Crippen molar-refractivity contribution >= 4 is 34.5 Å². The number of rotatable bonds is 2. The lowest BCUT2D eigenvalue weighted by Crippen LogP contribution is -2.41. The molecule has 1 saturated carbocycles. The predicted octanol–water partition coefficient (Wildman–Crippen LogP) is 0.184. The van der Waals surface area contributed by atoms with Gasteiger partial charge in [-0.05, 0) is 0 Å². The third-order valence-corrected chi connectivity index (χ3v) is 3.50. The Balaban J connectivity index is 2.11. The maximum absolute atomic E-state index is 11.4. The Morgan fingerprint density at radius 1 is 1.56 bits per heavy atom. The molecule has 1 aliphatic carbocycles. The Bertz CT molecular complexity index is 640. The topological polar surface area (TPSA) is 107 Å². The number of anilines is 1. The van der Waals surface area contributed by atoms with Crippen LogP contribution in [-0.4, -0.2) is 37.0 Å². The third-order valence-electron chi connectivity index (χ3n) is 3.24.